The summed E-state index contributed by atoms with van der Waals surface area (Å²) in [6.07, 6.45) is 0. The van der Waals surface area contributed by atoms with Crippen LogP contribution in [0, 0.1) is 20.8 Å². The maximum absolute atomic E-state index is 12.5. The summed E-state index contributed by atoms with van der Waals surface area (Å²) in [5.41, 5.74) is 3.01. The van der Waals surface area contributed by atoms with E-state index in [1.807, 2.05) is 37.5 Å². The van der Waals surface area contributed by atoms with Gasteiger partial charge in [-0.05, 0) is 51.1 Å². The zero-order chi connectivity index (χ0) is 16.6. The van der Waals surface area contributed by atoms with Gasteiger partial charge in [-0.3, -0.25) is 9.36 Å². The highest BCUT2D eigenvalue weighted by Gasteiger charge is 2.18. The Bertz CT molecular complexity index is 863. The molecule has 0 aliphatic rings. The van der Waals surface area contributed by atoms with Crippen molar-refractivity contribution in [1.29, 1.82) is 0 Å². The molecule has 23 heavy (non-hydrogen) atoms. The lowest BCUT2D eigenvalue weighted by atomic mass is 10.2. The summed E-state index contributed by atoms with van der Waals surface area (Å²) >= 11 is 5.85. The molecule has 0 spiro atoms. The molecule has 0 saturated heterocycles. The minimum Gasteiger partial charge on any atom is -0.360 e. The number of hydrogen-bond acceptors (Lipinski definition) is 3. The SMILES string of the molecule is Cc1cc(-n2c(C)cc(C(=O)Nc3ccc(Cl)cc3)c2C)no1. The minimum absolute atomic E-state index is 0.174. The van der Waals surface area contributed by atoms with E-state index in [1.165, 1.54) is 0 Å². The normalized spacial score (nSPS) is 10.8. The third-order valence-corrected chi connectivity index (χ3v) is 3.87. The molecule has 1 amide bonds. The second-order valence-electron chi connectivity index (χ2n) is 5.38. The monoisotopic (exact) mass is 329 g/mol. The second kappa shape index (κ2) is 5.93. The molecule has 0 atom stereocenters. The molecule has 2 aromatic heterocycles. The lowest BCUT2D eigenvalue weighted by molar-refractivity contribution is 0.102. The molecule has 0 bridgehead atoms. The number of hydrogen-bond donors (Lipinski definition) is 1. The van der Waals surface area contributed by atoms with Crippen molar-refractivity contribution < 1.29 is 9.32 Å². The van der Waals surface area contributed by atoms with Crippen LogP contribution in [0.4, 0.5) is 5.69 Å². The van der Waals surface area contributed by atoms with Crippen LogP contribution in [0.15, 0.2) is 40.9 Å². The van der Waals surface area contributed by atoms with E-state index in [9.17, 15) is 4.79 Å². The van der Waals surface area contributed by atoms with E-state index >= 15 is 0 Å². The Morgan fingerprint density at radius 1 is 1.17 bits per heavy atom. The van der Waals surface area contributed by atoms with Gasteiger partial charge in [0.1, 0.15) is 5.76 Å². The average molecular weight is 330 g/mol. The molecule has 0 fully saturated rings. The molecule has 3 rings (SSSR count). The first-order chi connectivity index (χ1) is 11.0. The molecule has 118 valence electrons. The summed E-state index contributed by atoms with van der Waals surface area (Å²) < 4.78 is 7.02. The van der Waals surface area contributed by atoms with Gasteiger partial charge in [-0.1, -0.05) is 16.8 Å². The summed E-state index contributed by atoms with van der Waals surface area (Å²) in [7, 11) is 0. The van der Waals surface area contributed by atoms with Crippen LogP contribution in [-0.2, 0) is 0 Å². The Hall–Kier alpha value is -2.53. The zero-order valence-corrected chi connectivity index (χ0v) is 13.8. The van der Waals surface area contributed by atoms with Gasteiger partial charge < -0.3 is 9.84 Å². The van der Waals surface area contributed by atoms with Gasteiger partial charge >= 0.3 is 0 Å². The third-order valence-electron chi connectivity index (χ3n) is 3.62. The molecule has 0 unspecified atom stereocenters. The van der Waals surface area contributed by atoms with Gasteiger partial charge in [-0.2, -0.15) is 0 Å². The van der Waals surface area contributed by atoms with Crippen LogP contribution >= 0.6 is 11.6 Å². The number of nitrogens with one attached hydrogen (secondary N) is 1. The van der Waals surface area contributed by atoms with E-state index in [0.717, 1.165) is 17.1 Å². The van der Waals surface area contributed by atoms with Gasteiger partial charge in [0.25, 0.3) is 5.91 Å². The topological polar surface area (TPSA) is 60.1 Å². The molecule has 0 radical (unpaired) electrons. The lowest BCUT2D eigenvalue weighted by Gasteiger charge is -2.07. The van der Waals surface area contributed by atoms with Gasteiger partial charge in [0.2, 0.25) is 0 Å². The number of aromatic nitrogens is 2. The van der Waals surface area contributed by atoms with E-state index < -0.39 is 0 Å². The van der Waals surface area contributed by atoms with Crippen LogP contribution in [0.1, 0.15) is 27.5 Å². The molecule has 5 nitrogen and oxygen atoms in total. The molecule has 1 aromatic carbocycles. The second-order valence-corrected chi connectivity index (χ2v) is 5.81. The van der Waals surface area contributed by atoms with Crippen molar-refractivity contribution in [3.63, 3.8) is 0 Å². The maximum atomic E-state index is 12.5. The van der Waals surface area contributed by atoms with Crippen LogP contribution in [-0.4, -0.2) is 15.6 Å². The van der Waals surface area contributed by atoms with Crippen molar-refractivity contribution in [1.82, 2.24) is 9.72 Å². The first-order valence-electron chi connectivity index (χ1n) is 7.15. The number of benzene rings is 1. The fraction of sp³-hybridized carbons (Fsp3) is 0.176. The van der Waals surface area contributed by atoms with Crippen molar-refractivity contribution >= 4 is 23.2 Å². The van der Waals surface area contributed by atoms with Gasteiger partial charge in [-0.15, -0.1) is 0 Å². The van der Waals surface area contributed by atoms with Gasteiger partial charge in [-0.25, -0.2) is 0 Å². The van der Waals surface area contributed by atoms with Crippen LogP contribution in [0.25, 0.3) is 5.82 Å². The fourth-order valence-electron chi connectivity index (χ4n) is 2.54. The predicted molar refractivity (Wildman–Crippen MR) is 89.4 cm³/mol. The van der Waals surface area contributed by atoms with Crippen molar-refractivity contribution in [3.8, 4) is 5.82 Å². The predicted octanol–water partition coefficient (Wildman–Crippen LogP) is 4.30. The Kier molecular flexibility index (Phi) is 3.96. The van der Waals surface area contributed by atoms with Crippen LogP contribution in [0.3, 0.4) is 0 Å². The Balaban J connectivity index is 1.91. The number of halogens is 1. The molecular weight excluding hydrogens is 314 g/mol. The molecule has 1 N–H and O–H groups in total. The summed E-state index contributed by atoms with van der Waals surface area (Å²) in [6.45, 7) is 5.64. The number of anilines is 1. The fourth-order valence-corrected chi connectivity index (χ4v) is 2.66. The average Bonchev–Trinajstić information content (AvgIpc) is 3.05. The van der Waals surface area contributed by atoms with Crippen LogP contribution in [0.5, 0.6) is 0 Å². The third kappa shape index (κ3) is 3.00. The smallest absolute Gasteiger partial charge is 0.257 e. The van der Waals surface area contributed by atoms with Crippen LogP contribution < -0.4 is 5.32 Å². The Morgan fingerprint density at radius 3 is 2.48 bits per heavy atom. The highest BCUT2D eigenvalue weighted by Crippen LogP contribution is 2.22. The first kappa shape index (κ1) is 15.4. The molecule has 6 heteroatoms. The Morgan fingerprint density at radius 2 is 1.87 bits per heavy atom. The highest BCUT2D eigenvalue weighted by atomic mass is 35.5. The standard InChI is InChI=1S/C17H16ClN3O2/c1-10-8-15(12(3)21(10)16-9-11(2)23-20-16)17(22)19-14-6-4-13(18)5-7-14/h4-9H,1-3H3,(H,19,22). The molecule has 0 saturated carbocycles. The molecule has 0 aliphatic carbocycles. The van der Waals surface area contributed by atoms with E-state index in [4.69, 9.17) is 16.1 Å². The quantitative estimate of drug-likeness (QED) is 0.779. The number of rotatable bonds is 3. The van der Waals surface area contributed by atoms with E-state index in [0.29, 0.717) is 22.1 Å². The molecular formula is C17H16ClN3O2. The maximum Gasteiger partial charge on any atom is 0.257 e. The van der Waals surface area contributed by atoms with E-state index in [-0.39, 0.29) is 5.91 Å². The number of amides is 1. The van der Waals surface area contributed by atoms with Gasteiger partial charge in [0.15, 0.2) is 5.82 Å². The van der Waals surface area contributed by atoms with Crippen molar-refractivity contribution in [3.05, 3.63) is 64.1 Å². The highest BCUT2D eigenvalue weighted by molar-refractivity contribution is 6.30. The first-order valence-corrected chi connectivity index (χ1v) is 7.53. The number of carbonyl (C=O) groups excluding carboxylic acids is 1. The van der Waals surface area contributed by atoms with Crippen molar-refractivity contribution in [2.24, 2.45) is 0 Å². The number of nitrogens with zero attached hydrogens (tertiary/aromatic N) is 2. The summed E-state index contributed by atoms with van der Waals surface area (Å²) in [4.78, 5) is 12.5. The zero-order valence-electron chi connectivity index (χ0n) is 13.1. The van der Waals surface area contributed by atoms with E-state index in [2.05, 4.69) is 10.5 Å². The minimum atomic E-state index is -0.174. The van der Waals surface area contributed by atoms with Gasteiger partial charge in [0.05, 0.1) is 5.56 Å². The number of aryl methyl sites for hydroxylation is 2. The molecule has 2 heterocycles. The van der Waals surface area contributed by atoms with E-state index in [1.54, 1.807) is 24.3 Å². The summed E-state index contributed by atoms with van der Waals surface area (Å²) in [5.74, 6) is 1.22. The van der Waals surface area contributed by atoms with Gasteiger partial charge in [0, 0.05) is 28.2 Å². The summed E-state index contributed by atoms with van der Waals surface area (Å²) in [6, 6.07) is 10.7. The lowest BCUT2D eigenvalue weighted by Crippen LogP contribution is -2.13. The van der Waals surface area contributed by atoms with Crippen LogP contribution in [0.2, 0.25) is 5.02 Å². The largest absolute Gasteiger partial charge is 0.360 e. The number of carbonyl (C=O) groups is 1. The summed E-state index contributed by atoms with van der Waals surface area (Å²) in [5, 5.41) is 7.51. The molecule has 0 aliphatic heterocycles. The molecule has 3 aromatic rings. The Labute approximate surface area is 138 Å². The van der Waals surface area contributed by atoms with Crippen molar-refractivity contribution in [2.45, 2.75) is 20.8 Å². The van der Waals surface area contributed by atoms with Crippen molar-refractivity contribution in [2.75, 3.05) is 5.32 Å².